The molecule has 3 nitrogen and oxygen atoms in total. The van der Waals surface area contributed by atoms with Crippen molar-refractivity contribution in [1.29, 1.82) is 0 Å². The maximum atomic E-state index is 11.5. The summed E-state index contributed by atoms with van der Waals surface area (Å²) in [4.78, 5) is 22.0. The van der Waals surface area contributed by atoms with Crippen LogP contribution in [-0.2, 0) is 9.59 Å². The fourth-order valence-electron chi connectivity index (χ4n) is 1.34. The molecule has 1 N–H and O–H groups in total. The van der Waals surface area contributed by atoms with E-state index in [0.29, 0.717) is 0 Å². The van der Waals surface area contributed by atoms with Gasteiger partial charge in [0.2, 0.25) is 0 Å². The highest BCUT2D eigenvalue weighted by molar-refractivity contribution is 7.99. The first-order chi connectivity index (χ1) is 6.11. The summed E-state index contributed by atoms with van der Waals surface area (Å²) in [6.45, 7) is 1.59. The second-order valence-corrected chi connectivity index (χ2v) is 4.62. The Labute approximate surface area is 81.9 Å². The lowest BCUT2D eigenvalue weighted by atomic mass is 9.95. The fraction of sp³-hybridized carbons (Fsp3) is 0.778. The van der Waals surface area contributed by atoms with Crippen molar-refractivity contribution in [3.8, 4) is 0 Å². The Morgan fingerprint density at radius 3 is 2.77 bits per heavy atom. The lowest BCUT2D eigenvalue weighted by molar-refractivity contribution is -0.143. The third kappa shape index (κ3) is 3.03. The first-order valence-electron chi connectivity index (χ1n) is 4.44. The maximum Gasteiger partial charge on any atom is 0.306 e. The van der Waals surface area contributed by atoms with Crippen LogP contribution in [0.25, 0.3) is 0 Å². The van der Waals surface area contributed by atoms with Crippen molar-refractivity contribution in [2.75, 3.05) is 11.5 Å². The molecule has 1 rings (SSSR count). The van der Waals surface area contributed by atoms with Gasteiger partial charge in [-0.3, -0.25) is 9.59 Å². The Morgan fingerprint density at radius 1 is 1.62 bits per heavy atom. The normalized spacial score (nSPS) is 24.2. The highest BCUT2D eigenvalue weighted by Gasteiger charge is 2.26. The van der Waals surface area contributed by atoms with Crippen LogP contribution in [0.4, 0.5) is 0 Å². The van der Waals surface area contributed by atoms with Crippen LogP contribution in [0.3, 0.4) is 0 Å². The van der Waals surface area contributed by atoms with Gasteiger partial charge < -0.3 is 5.11 Å². The number of carboxylic acids is 1. The fourth-order valence-corrected chi connectivity index (χ4v) is 2.60. The summed E-state index contributed by atoms with van der Waals surface area (Å²) in [5.41, 5.74) is 0. The molecular formula is C9H14O3S. The van der Waals surface area contributed by atoms with Gasteiger partial charge in [-0.25, -0.2) is 0 Å². The van der Waals surface area contributed by atoms with Gasteiger partial charge >= 0.3 is 5.97 Å². The highest BCUT2D eigenvalue weighted by atomic mass is 32.2. The molecule has 0 aliphatic carbocycles. The molecule has 0 spiro atoms. The van der Waals surface area contributed by atoms with Gasteiger partial charge in [0.25, 0.3) is 0 Å². The predicted molar refractivity (Wildman–Crippen MR) is 51.9 cm³/mol. The molecule has 13 heavy (non-hydrogen) atoms. The summed E-state index contributed by atoms with van der Waals surface area (Å²) in [7, 11) is 0. The number of hydrogen-bond acceptors (Lipinski definition) is 3. The van der Waals surface area contributed by atoms with Crippen LogP contribution in [0.5, 0.6) is 0 Å². The van der Waals surface area contributed by atoms with Crippen molar-refractivity contribution >= 4 is 23.5 Å². The van der Waals surface area contributed by atoms with Gasteiger partial charge in [-0.2, -0.15) is 11.8 Å². The van der Waals surface area contributed by atoms with Gasteiger partial charge in [-0.05, 0) is 12.2 Å². The SMILES string of the molecule is CC(CC(=O)C1CCSC1)C(=O)O. The van der Waals surface area contributed by atoms with Crippen LogP contribution >= 0.6 is 11.8 Å². The molecule has 0 aromatic rings. The Bertz CT molecular complexity index is 209. The molecule has 74 valence electrons. The molecular weight excluding hydrogens is 188 g/mol. The van der Waals surface area contributed by atoms with E-state index in [4.69, 9.17) is 5.11 Å². The first kappa shape index (κ1) is 10.6. The molecule has 1 heterocycles. The second-order valence-electron chi connectivity index (χ2n) is 3.47. The molecule has 0 aromatic carbocycles. The van der Waals surface area contributed by atoms with Crippen LogP contribution in [-0.4, -0.2) is 28.4 Å². The van der Waals surface area contributed by atoms with Crippen molar-refractivity contribution < 1.29 is 14.7 Å². The number of carbonyl (C=O) groups excluding carboxylic acids is 1. The van der Waals surface area contributed by atoms with Crippen LogP contribution in [0.2, 0.25) is 0 Å². The van der Waals surface area contributed by atoms with Crippen molar-refractivity contribution in [3.05, 3.63) is 0 Å². The number of ketones is 1. The van der Waals surface area contributed by atoms with Crippen LogP contribution < -0.4 is 0 Å². The third-order valence-corrected chi connectivity index (χ3v) is 3.48. The van der Waals surface area contributed by atoms with E-state index in [1.165, 1.54) is 0 Å². The van der Waals surface area contributed by atoms with Crippen molar-refractivity contribution in [2.45, 2.75) is 19.8 Å². The molecule has 0 bridgehead atoms. The standard InChI is InChI=1S/C9H14O3S/c1-6(9(11)12)4-8(10)7-2-3-13-5-7/h6-7H,2-5H2,1H3,(H,11,12). The summed E-state index contributed by atoms with van der Waals surface area (Å²) in [6.07, 6.45) is 1.12. The van der Waals surface area contributed by atoms with Gasteiger partial charge in [-0.1, -0.05) is 6.92 Å². The number of aliphatic carboxylic acids is 1. The Balaban J connectivity index is 2.35. The average Bonchev–Trinajstić information content (AvgIpc) is 2.55. The van der Waals surface area contributed by atoms with Crippen LogP contribution in [0.1, 0.15) is 19.8 Å². The summed E-state index contributed by atoms with van der Waals surface area (Å²) in [6, 6.07) is 0. The molecule has 1 aliphatic heterocycles. The molecule has 0 amide bonds. The largest absolute Gasteiger partial charge is 0.481 e. The molecule has 2 atom stereocenters. The highest BCUT2D eigenvalue weighted by Crippen LogP contribution is 2.26. The Kier molecular flexibility index (Phi) is 3.78. The number of carboxylic acid groups (broad SMARTS) is 1. The lowest BCUT2D eigenvalue weighted by Crippen LogP contribution is -2.20. The Hall–Kier alpha value is -0.510. The zero-order valence-corrected chi connectivity index (χ0v) is 8.47. The van der Waals surface area contributed by atoms with Crippen LogP contribution in [0, 0.1) is 11.8 Å². The smallest absolute Gasteiger partial charge is 0.306 e. The van der Waals surface area contributed by atoms with E-state index in [2.05, 4.69) is 0 Å². The molecule has 2 unspecified atom stereocenters. The minimum Gasteiger partial charge on any atom is -0.481 e. The Morgan fingerprint density at radius 2 is 2.31 bits per heavy atom. The van der Waals surface area contributed by atoms with Gasteiger partial charge in [0, 0.05) is 18.1 Å². The van der Waals surface area contributed by atoms with E-state index in [1.54, 1.807) is 18.7 Å². The quantitative estimate of drug-likeness (QED) is 0.749. The summed E-state index contributed by atoms with van der Waals surface area (Å²) < 4.78 is 0. The number of hydrogen-bond donors (Lipinski definition) is 1. The summed E-state index contributed by atoms with van der Waals surface area (Å²) in [5.74, 6) is 0.757. The monoisotopic (exact) mass is 202 g/mol. The molecule has 4 heteroatoms. The lowest BCUT2D eigenvalue weighted by Gasteiger charge is -2.09. The van der Waals surface area contributed by atoms with Gasteiger partial charge in [0.1, 0.15) is 5.78 Å². The minimum atomic E-state index is -0.876. The van der Waals surface area contributed by atoms with E-state index >= 15 is 0 Å². The number of rotatable bonds is 4. The van der Waals surface area contributed by atoms with Gasteiger partial charge in [-0.15, -0.1) is 0 Å². The van der Waals surface area contributed by atoms with Crippen molar-refractivity contribution in [3.63, 3.8) is 0 Å². The summed E-state index contributed by atoms with van der Waals surface area (Å²) >= 11 is 1.78. The first-order valence-corrected chi connectivity index (χ1v) is 5.60. The zero-order valence-electron chi connectivity index (χ0n) is 7.66. The minimum absolute atomic E-state index is 0.117. The summed E-state index contributed by atoms with van der Waals surface area (Å²) in [5, 5.41) is 8.62. The van der Waals surface area contributed by atoms with E-state index < -0.39 is 11.9 Å². The number of carbonyl (C=O) groups is 2. The second kappa shape index (κ2) is 4.65. The van der Waals surface area contributed by atoms with Gasteiger partial charge in [0.15, 0.2) is 0 Å². The van der Waals surface area contributed by atoms with Crippen molar-refractivity contribution in [1.82, 2.24) is 0 Å². The van der Waals surface area contributed by atoms with E-state index in [1.807, 2.05) is 0 Å². The van der Waals surface area contributed by atoms with E-state index in [-0.39, 0.29) is 18.1 Å². The molecule has 1 aliphatic rings. The predicted octanol–water partition coefficient (Wildman–Crippen LogP) is 1.42. The van der Waals surface area contributed by atoms with Gasteiger partial charge in [0.05, 0.1) is 5.92 Å². The third-order valence-electron chi connectivity index (χ3n) is 2.31. The van der Waals surface area contributed by atoms with E-state index in [0.717, 1.165) is 17.9 Å². The number of Topliss-reactive ketones (excluding diaryl/α,β-unsaturated/α-hetero) is 1. The topological polar surface area (TPSA) is 54.4 Å². The van der Waals surface area contributed by atoms with Crippen molar-refractivity contribution in [2.24, 2.45) is 11.8 Å². The molecule has 1 saturated heterocycles. The molecule has 0 aromatic heterocycles. The molecule has 0 saturated carbocycles. The zero-order chi connectivity index (χ0) is 9.84. The van der Waals surface area contributed by atoms with E-state index in [9.17, 15) is 9.59 Å². The maximum absolute atomic E-state index is 11.5. The molecule has 0 radical (unpaired) electrons. The average molecular weight is 202 g/mol. The number of thioether (sulfide) groups is 1. The molecule has 1 fully saturated rings. The van der Waals surface area contributed by atoms with Crippen LogP contribution in [0.15, 0.2) is 0 Å².